The van der Waals surface area contributed by atoms with E-state index < -0.39 is 0 Å². The van der Waals surface area contributed by atoms with Crippen LogP contribution in [0.5, 0.6) is 5.75 Å². The Labute approximate surface area is 217 Å². The van der Waals surface area contributed by atoms with Crippen molar-refractivity contribution in [3.05, 3.63) is 82.9 Å². The number of nitrogens with one attached hydrogen (secondary N) is 2. The first kappa shape index (κ1) is 25.4. The minimum atomic E-state index is -0.282. The number of amides is 2. The molecule has 1 heterocycles. The van der Waals surface area contributed by atoms with Gasteiger partial charge in [0.05, 0.1) is 18.4 Å². The molecule has 2 amide bonds. The molecule has 2 N–H and O–H groups in total. The fraction of sp³-hybridized carbons (Fsp3) is 0.286. The third-order valence-electron chi connectivity index (χ3n) is 6.17. The second-order valence-electron chi connectivity index (χ2n) is 8.60. The van der Waals surface area contributed by atoms with Crippen molar-refractivity contribution >= 4 is 40.5 Å². The van der Waals surface area contributed by atoms with Crippen LogP contribution in [0, 0.1) is 0 Å². The lowest BCUT2D eigenvalue weighted by Gasteiger charge is -2.38. The zero-order valence-electron chi connectivity index (χ0n) is 20.6. The van der Waals surface area contributed by atoms with Gasteiger partial charge in [0, 0.05) is 54.7 Å². The summed E-state index contributed by atoms with van der Waals surface area (Å²) < 4.78 is 5.53. The van der Waals surface area contributed by atoms with Gasteiger partial charge in [0.25, 0.3) is 11.8 Å². The lowest BCUT2D eigenvalue weighted by Crippen LogP contribution is -2.47. The number of carbonyl (C=O) groups excluding carboxylic acids is 2. The fourth-order valence-corrected chi connectivity index (χ4v) is 4.51. The molecule has 3 aromatic carbocycles. The van der Waals surface area contributed by atoms with Crippen molar-refractivity contribution in [2.45, 2.75) is 13.3 Å². The number of anilines is 3. The number of carbonyl (C=O) groups is 2. The second kappa shape index (κ2) is 11.8. The molecular weight excluding hydrogens is 476 g/mol. The molecule has 0 spiro atoms. The molecule has 0 aliphatic carbocycles. The summed E-state index contributed by atoms with van der Waals surface area (Å²) in [5.41, 5.74) is 3.47. The SMILES string of the molecule is CCCNC(=O)c1cc(NC(=O)c2cccc(Cl)c2)ccc1N1CCN(c2ccccc2OC)CC1. The Balaban J connectivity index is 1.54. The first-order valence-electron chi connectivity index (χ1n) is 12.1. The average molecular weight is 507 g/mol. The van der Waals surface area contributed by atoms with Crippen molar-refractivity contribution in [2.75, 3.05) is 55.0 Å². The number of hydrogen-bond donors (Lipinski definition) is 2. The summed E-state index contributed by atoms with van der Waals surface area (Å²) in [5.74, 6) is 0.416. The topological polar surface area (TPSA) is 73.9 Å². The average Bonchev–Trinajstić information content (AvgIpc) is 2.91. The molecule has 0 saturated carbocycles. The Morgan fingerprint density at radius 2 is 1.61 bits per heavy atom. The lowest BCUT2D eigenvalue weighted by molar-refractivity contribution is 0.0952. The van der Waals surface area contributed by atoms with Crippen molar-refractivity contribution in [1.29, 1.82) is 0 Å². The number of para-hydroxylation sites is 2. The maximum atomic E-state index is 13.1. The third kappa shape index (κ3) is 5.91. The minimum Gasteiger partial charge on any atom is -0.495 e. The van der Waals surface area contributed by atoms with Crippen LogP contribution in [0.4, 0.5) is 17.1 Å². The Hall–Kier alpha value is -3.71. The molecule has 7 nitrogen and oxygen atoms in total. The lowest BCUT2D eigenvalue weighted by atomic mass is 10.1. The van der Waals surface area contributed by atoms with E-state index in [9.17, 15) is 9.59 Å². The van der Waals surface area contributed by atoms with Crippen LogP contribution in [-0.2, 0) is 0 Å². The minimum absolute atomic E-state index is 0.155. The number of rotatable bonds is 8. The number of ether oxygens (including phenoxy) is 1. The smallest absolute Gasteiger partial charge is 0.255 e. The third-order valence-corrected chi connectivity index (χ3v) is 6.40. The number of halogens is 1. The highest BCUT2D eigenvalue weighted by molar-refractivity contribution is 6.31. The maximum absolute atomic E-state index is 13.1. The van der Waals surface area contributed by atoms with Crippen molar-refractivity contribution in [3.63, 3.8) is 0 Å². The van der Waals surface area contributed by atoms with Crippen LogP contribution in [0.1, 0.15) is 34.1 Å². The molecule has 0 unspecified atom stereocenters. The summed E-state index contributed by atoms with van der Waals surface area (Å²) in [7, 11) is 1.68. The zero-order valence-corrected chi connectivity index (χ0v) is 21.3. The summed E-state index contributed by atoms with van der Waals surface area (Å²) in [5, 5.41) is 6.36. The first-order chi connectivity index (χ1) is 17.5. The fourth-order valence-electron chi connectivity index (χ4n) is 4.32. The molecule has 1 aliphatic heterocycles. The molecule has 1 aliphatic rings. The molecule has 8 heteroatoms. The molecule has 188 valence electrons. The highest BCUT2D eigenvalue weighted by Gasteiger charge is 2.24. The van der Waals surface area contributed by atoms with Crippen molar-refractivity contribution < 1.29 is 14.3 Å². The van der Waals surface area contributed by atoms with Crippen molar-refractivity contribution in [1.82, 2.24) is 5.32 Å². The van der Waals surface area contributed by atoms with Gasteiger partial charge in [0.1, 0.15) is 5.75 Å². The number of hydrogen-bond acceptors (Lipinski definition) is 5. The summed E-state index contributed by atoms with van der Waals surface area (Å²) in [6.07, 6.45) is 0.837. The van der Waals surface area contributed by atoms with Crippen LogP contribution in [0.25, 0.3) is 0 Å². The molecule has 1 saturated heterocycles. The summed E-state index contributed by atoms with van der Waals surface area (Å²) >= 11 is 6.03. The van der Waals surface area contributed by atoms with E-state index >= 15 is 0 Å². The van der Waals surface area contributed by atoms with Gasteiger partial charge < -0.3 is 25.2 Å². The summed E-state index contributed by atoms with van der Waals surface area (Å²) in [4.78, 5) is 30.3. The summed E-state index contributed by atoms with van der Waals surface area (Å²) in [6.45, 7) is 5.69. The quantitative estimate of drug-likeness (QED) is 0.446. The van der Waals surface area contributed by atoms with Gasteiger partial charge in [-0.25, -0.2) is 0 Å². The van der Waals surface area contributed by atoms with Gasteiger partial charge in [-0.05, 0) is 55.0 Å². The predicted molar refractivity (Wildman–Crippen MR) is 146 cm³/mol. The van der Waals surface area contributed by atoms with E-state index in [0.717, 1.165) is 49.7 Å². The molecule has 36 heavy (non-hydrogen) atoms. The Kier molecular flexibility index (Phi) is 8.33. The normalized spacial score (nSPS) is 13.3. The first-order valence-corrected chi connectivity index (χ1v) is 12.5. The number of methoxy groups -OCH3 is 1. The van der Waals surface area contributed by atoms with Crippen LogP contribution < -0.4 is 25.2 Å². The van der Waals surface area contributed by atoms with E-state index in [4.69, 9.17) is 16.3 Å². The molecule has 0 atom stereocenters. The van der Waals surface area contributed by atoms with Crippen LogP contribution >= 0.6 is 11.6 Å². The molecule has 1 fully saturated rings. The van der Waals surface area contributed by atoms with Gasteiger partial charge in [-0.2, -0.15) is 0 Å². The zero-order chi connectivity index (χ0) is 25.5. The largest absolute Gasteiger partial charge is 0.495 e. The number of benzene rings is 3. The highest BCUT2D eigenvalue weighted by atomic mass is 35.5. The monoisotopic (exact) mass is 506 g/mol. The number of nitrogens with zero attached hydrogens (tertiary/aromatic N) is 2. The molecule has 4 rings (SSSR count). The van der Waals surface area contributed by atoms with Gasteiger partial charge in [0.2, 0.25) is 0 Å². The molecule has 0 bridgehead atoms. The van der Waals surface area contributed by atoms with E-state index in [-0.39, 0.29) is 11.8 Å². The highest BCUT2D eigenvalue weighted by Crippen LogP contribution is 2.31. The number of piperazine rings is 1. The maximum Gasteiger partial charge on any atom is 0.255 e. The van der Waals surface area contributed by atoms with E-state index in [1.807, 2.05) is 37.3 Å². The molecule has 0 radical (unpaired) electrons. The molecule has 3 aromatic rings. The van der Waals surface area contributed by atoms with Crippen LogP contribution in [0.15, 0.2) is 66.7 Å². The molecule has 0 aromatic heterocycles. The van der Waals surface area contributed by atoms with Crippen LogP contribution in [-0.4, -0.2) is 51.6 Å². The second-order valence-corrected chi connectivity index (χ2v) is 9.03. The van der Waals surface area contributed by atoms with Crippen LogP contribution in [0.3, 0.4) is 0 Å². The van der Waals surface area contributed by atoms with Gasteiger partial charge in [-0.15, -0.1) is 0 Å². The van der Waals surface area contributed by atoms with Crippen molar-refractivity contribution in [3.8, 4) is 5.75 Å². The van der Waals surface area contributed by atoms with E-state index in [0.29, 0.717) is 28.4 Å². The van der Waals surface area contributed by atoms with E-state index in [1.165, 1.54) is 0 Å². The summed E-state index contributed by atoms with van der Waals surface area (Å²) in [6, 6.07) is 20.3. The Morgan fingerprint density at radius 1 is 0.889 bits per heavy atom. The van der Waals surface area contributed by atoms with Crippen molar-refractivity contribution in [2.24, 2.45) is 0 Å². The predicted octanol–water partition coefficient (Wildman–Crippen LogP) is 5.07. The van der Waals surface area contributed by atoms with Gasteiger partial charge in [-0.1, -0.05) is 36.7 Å². The van der Waals surface area contributed by atoms with Gasteiger partial charge in [-0.3, -0.25) is 9.59 Å². The van der Waals surface area contributed by atoms with E-state index in [2.05, 4.69) is 26.5 Å². The van der Waals surface area contributed by atoms with Gasteiger partial charge >= 0.3 is 0 Å². The standard InChI is InChI=1S/C28H31ClN4O3/c1-3-13-30-28(35)23-19-22(31-27(34)20-7-6-8-21(29)18-20)11-12-24(23)32-14-16-33(17-15-32)25-9-4-5-10-26(25)36-2/h4-12,18-19H,3,13-17H2,1-2H3,(H,30,35)(H,31,34). The van der Waals surface area contributed by atoms with Crippen LogP contribution in [0.2, 0.25) is 5.02 Å². The van der Waals surface area contributed by atoms with Gasteiger partial charge in [0.15, 0.2) is 0 Å². The Morgan fingerprint density at radius 3 is 2.31 bits per heavy atom. The Bertz CT molecular complexity index is 1220. The van der Waals surface area contributed by atoms with E-state index in [1.54, 1.807) is 37.4 Å². The molecular formula is C28H31ClN4O3.